The van der Waals surface area contributed by atoms with E-state index in [-0.39, 0.29) is 0 Å². The highest BCUT2D eigenvalue weighted by Crippen LogP contribution is 2.22. The summed E-state index contributed by atoms with van der Waals surface area (Å²) < 4.78 is 5.64. The predicted octanol–water partition coefficient (Wildman–Crippen LogP) is 3.50. The van der Waals surface area contributed by atoms with Gasteiger partial charge in [-0.1, -0.05) is 15.9 Å². The van der Waals surface area contributed by atoms with E-state index in [1.165, 1.54) is 0 Å². The molecule has 0 aliphatic heterocycles. The molecule has 12 heavy (non-hydrogen) atoms. The summed E-state index contributed by atoms with van der Waals surface area (Å²) in [6.07, 6.45) is 0. The average molecular weight is 249 g/mol. The molecule has 0 atom stereocenters. The van der Waals surface area contributed by atoms with E-state index in [1.807, 2.05) is 13.0 Å². The zero-order valence-corrected chi connectivity index (χ0v) is 8.65. The van der Waals surface area contributed by atoms with Gasteiger partial charge in [0.05, 0.1) is 0 Å². The Morgan fingerprint density at radius 3 is 2.75 bits per heavy atom. The molecule has 0 saturated heterocycles. The molecule has 1 aromatic carbocycles. The number of rotatable bonds is 1. The molecule has 0 N–H and O–H groups in total. The fraction of sp³-hybridized carbons (Fsp3) is 0.125. The third-order valence-corrected chi connectivity index (χ3v) is 1.90. The highest BCUT2D eigenvalue weighted by atomic mass is 79.9. The lowest BCUT2D eigenvalue weighted by atomic mass is 10.2. The van der Waals surface area contributed by atoms with Crippen molar-refractivity contribution in [2.24, 2.45) is 0 Å². The van der Waals surface area contributed by atoms with Gasteiger partial charge in [0.15, 0.2) is 0 Å². The van der Waals surface area contributed by atoms with Crippen LogP contribution in [0.4, 0.5) is 4.79 Å². The SMILES string of the molecule is Cc1cc(Br)ccc1OC(=O)Cl. The monoisotopic (exact) mass is 248 g/mol. The van der Waals surface area contributed by atoms with Crippen LogP contribution in [0, 0.1) is 6.92 Å². The van der Waals surface area contributed by atoms with E-state index < -0.39 is 5.43 Å². The molecule has 0 aliphatic carbocycles. The van der Waals surface area contributed by atoms with Crippen LogP contribution in [0.3, 0.4) is 0 Å². The normalized spacial score (nSPS) is 9.58. The maximum atomic E-state index is 10.4. The van der Waals surface area contributed by atoms with Crippen molar-refractivity contribution in [2.75, 3.05) is 0 Å². The Hall–Kier alpha value is -0.540. The van der Waals surface area contributed by atoms with Crippen molar-refractivity contribution in [2.45, 2.75) is 6.92 Å². The summed E-state index contributed by atoms with van der Waals surface area (Å²) in [5.74, 6) is 0.484. The van der Waals surface area contributed by atoms with Crippen LogP contribution in [0.25, 0.3) is 0 Å². The Morgan fingerprint density at radius 1 is 1.58 bits per heavy atom. The van der Waals surface area contributed by atoms with Crippen LogP contribution < -0.4 is 4.74 Å². The molecule has 0 bridgehead atoms. The van der Waals surface area contributed by atoms with Crippen LogP contribution in [0.5, 0.6) is 5.75 Å². The number of hydrogen-bond acceptors (Lipinski definition) is 2. The maximum absolute atomic E-state index is 10.4. The largest absolute Gasteiger partial charge is 0.414 e. The quantitative estimate of drug-likeness (QED) is 0.712. The number of halogens is 2. The number of ether oxygens (including phenoxy) is 1. The molecule has 0 amide bonds. The zero-order valence-electron chi connectivity index (χ0n) is 6.30. The van der Waals surface area contributed by atoms with Crippen molar-refractivity contribution in [3.8, 4) is 5.75 Å². The first-order chi connectivity index (χ1) is 5.59. The van der Waals surface area contributed by atoms with Crippen molar-refractivity contribution in [3.63, 3.8) is 0 Å². The second-order valence-corrected chi connectivity index (χ2v) is 3.47. The highest BCUT2D eigenvalue weighted by Gasteiger charge is 2.03. The van der Waals surface area contributed by atoms with E-state index >= 15 is 0 Å². The molecule has 2 nitrogen and oxygen atoms in total. The summed E-state index contributed by atoms with van der Waals surface area (Å²) in [6.45, 7) is 1.83. The molecule has 0 spiro atoms. The number of hydrogen-bond donors (Lipinski definition) is 0. The van der Waals surface area contributed by atoms with Crippen LogP contribution in [-0.2, 0) is 0 Å². The third kappa shape index (κ3) is 2.50. The Kier molecular flexibility index (Phi) is 3.12. The van der Waals surface area contributed by atoms with Gasteiger partial charge in [-0.15, -0.1) is 0 Å². The van der Waals surface area contributed by atoms with Crippen molar-refractivity contribution in [1.29, 1.82) is 0 Å². The lowest BCUT2D eigenvalue weighted by Crippen LogP contribution is -1.97. The second-order valence-electron chi connectivity index (χ2n) is 2.25. The molecule has 0 fully saturated rings. The van der Waals surface area contributed by atoms with E-state index in [2.05, 4.69) is 15.9 Å². The molecular formula is C8H6BrClO2. The van der Waals surface area contributed by atoms with Gasteiger partial charge >= 0.3 is 5.43 Å². The van der Waals surface area contributed by atoms with Gasteiger partial charge in [-0.25, -0.2) is 4.79 Å². The summed E-state index contributed by atoms with van der Waals surface area (Å²) in [5.41, 5.74) is 0.0406. The predicted molar refractivity (Wildman–Crippen MR) is 50.8 cm³/mol. The Morgan fingerprint density at radius 2 is 2.25 bits per heavy atom. The summed E-state index contributed by atoms with van der Waals surface area (Å²) in [5, 5.41) is 0. The van der Waals surface area contributed by atoms with Gasteiger partial charge in [0, 0.05) is 16.1 Å². The molecule has 1 aromatic rings. The van der Waals surface area contributed by atoms with Gasteiger partial charge in [0.25, 0.3) is 0 Å². The first-order valence-electron chi connectivity index (χ1n) is 3.23. The molecular weight excluding hydrogens is 243 g/mol. The first-order valence-corrected chi connectivity index (χ1v) is 4.40. The minimum atomic E-state index is -0.819. The summed E-state index contributed by atoms with van der Waals surface area (Å²) in [7, 11) is 0. The van der Waals surface area contributed by atoms with Gasteiger partial charge in [-0.2, -0.15) is 0 Å². The van der Waals surface area contributed by atoms with E-state index in [0.29, 0.717) is 5.75 Å². The number of aryl methyl sites for hydroxylation is 1. The highest BCUT2D eigenvalue weighted by molar-refractivity contribution is 9.10. The minimum Gasteiger partial charge on any atom is -0.414 e. The van der Waals surface area contributed by atoms with Crippen LogP contribution in [0.2, 0.25) is 0 Å². The maximum Gasteiger partial charge on any atom is 0.409 e. The van der Waals surface area contributed by atoms with Crippen LogP contribution in [-0.4, -0.2) is 5.43 Å². The lowest BCUT2D eigenvalue weighted by molar-refractivity contribution is 0.225. The average Bonchev–Trinajstić information content (AvgIpc) is 1.94. The van der Waals surface area contributed by atoms with Crippen molar-refractivity contribution in [3.05, 3.63) is 28.2 Å². The minimum absolute atomic E-state index is 0.484. The molecule has 0 unspecified atom stereocenters. The van der Waals surface area contributed by atoms with E-state index in [0.717, 1.165) is 10.0 Å². The number of carbonyl (C=O) groups is 1. The molecule has 0 heterocycles. The Labute approximate surface area is 83.6 Å². The van der Waals surface area contributed by atoms with Crippen molar-refractivity contribution >= 4 is 33.0 Å². The fourth-order valence-corrected chi connectivity index (χ4v) is 1.37. The first kappa shape index (κ1) is 9.55. The fourth-order valence-electron chi connectivity index (χ4n) is 0.814. The van der Waals surface area contributed by atoms with Crippen LogP contribution in [0.1, 0.15) is 5.56 Å². The smallest absolute Gasteiger partial charge is 0.409 e. The Bertz CT molecular complexity index is 312. The van der Waals surface area contributed by atoms with Crippen molar-refractivity contribution in [1.82, 2.24) is 0 Å². The van der Waals surface area contributed by atoms with Crippen molar-refractivity contribution < 1.29 is 9.53 Å². The van der Waals surface area contributed by atoms with Gasteiger partial charge in [0.2, 0.25) is 0 Å². The third-order valence-electron chi connectivity index (χ3n) is 1.33. The van der Waals surface area contributed by atoms with Gasteiger partial charge in [0.1, 0.15) is 5.75 Å². The zero-order chi connectivity index (χ0) is 9.14. The molecule has 64 valence electrons. The van der Waals surface area contributed by atoms with Gasteiger partial charge in [-0.05, 0) is 30.7 Å². The van der Waals surface area contributed by atoms with Crippen LogP contribution in [0.15, 0.2) is 22.7 Å². The molecule has 0 aromatic heterocycles. The lowest BCUT2D eigenvalue weighted by Gasteiger charge is -2.03. The van der Waals surface area contributed by atoms with E-state index in [9.17, 15) is 4.79 Å². The van der Waals surface area contributed by atoms with Gasteiger partial charge < -0.3 is 4.74 Å². The molecule has 1 rings (SSSR count). The standard InChI is InChI=1S/C8H6BrClO2/c1-5-4-6(9)2-3-7(5)12-8(10)11/h2-4H,1H3. The summed E-state index contributed by atoms with van der Waals surface area (Å²) in [6, 6.07) is 5.30. The summed E-state index contributed by atoms with van der Waals surface area (Å²) >= 11 is 8.34. The topological polar surface area (TPSA) is 26.3 Å². The van der Waals surface area contributed by atoms with E-state index in [1.54, 1.807) is 12.1 Å². The second kappa shape index (κ2) is 3.92. The molecule has 0 saturated carbocycles. The molecule has 0 aliphatic rings. The summed E-state index contributed by atoms with van der Waals surface area (Å²) in [4.78, 5) is 10.4. The van der Waals surface area contributed by atoms with Crippen LogP contribution >= 0.6 is 27.5 Å². The molecule has 0 radical (unpaired) electrons. The number of benzene rings is 1. The molecule has 4 heteroatoms. The number of carbonyl (C=O) groups excluding carboxylic acids is 1. The van der Waals surface area contributed by atoms with Gasteiger partial charge in [-0.3, -0.25) is 0 Å². The Balaban J connectivity index is 2.93. The van der Waals surface area contributed by atoms with E-state index in [4.69, 9.17) is 16.3 Å².